The van der Waals surface area contributed by atoms with Gasteiger partial charge >= 0.3 is 0 Å². The van der Waals surface area contributed by atoms with E-state index < -0.39 is 10.8 Å². The molecular weight excluding hydrogens is 374 g/mol. The molecule has 1 aliphatic heterocycles. The average Bonchev–Trinajstić information content (AvgIpc) is 2.71. The number of nitro benzene ring substituents is 1. The number of nitrogens with one attached hydrogen (secondary N) is 1. The van der Waals surface area contributed by atoms with Crippen LogP contribution < -0.4 is 10.1 Å². The van der Waals surface area contributed by atoms with Crippen LogP contribution >= 0.6 is 0 Å². The number of anilines is 1. The Hall–Kier alpha value is -3.46. The number of ether oxygens (including phenoxy) is 1. The first kappa shape index (κ1) is 20.3. The second-order valence-corrected chi connectivity index (χ2v) is 6.80. The first-order valence-electron chi connectivity index (χ1n) is 9.09. The molecule has 1 saturated heterocycles. The molecule has 29 heavy (non-hydrogen) atoms. The zero-order valence-electron chi connectivity index (χ0n) is 16.6. The number of likely N-dealkylation sites (N-methyl/N-ethyl adjacent to an activating group) is 2. The molecule has 1 aliphatic rings. The maximum atomic E-state index is 13.0. The number of benzene rings is 2. The van der Waals surface area contributed by atoms with E-state index in [1.54, 1.807) is 24.3 Å². The van der Waals surface area contributed by atoms with E-state index in [9.17, 15) is 14.9 Å². The minimum atomic E-state index is -0.530. The molecule has 0 aliphatic carbocycles. The van der Waals surface area contributed by atoms with Crippen molar-refractivity contribution in [3.05, 3.63) is 58.1 Å². The van der Waals surface area contributed by atoms with E-state index in [2.05, 4.69) is 15.2 Å². The van der Waals surface area contributed by atoms with Gasteiger partial charge in [0.25, 0.3) is 11.6 Å². The molecule has 0 radical (unpaired) electrons. The Morgan fingerprint density at radius 2 is 1.97 bits per heavy atom. The predicted octanol–water partition coefficient (Wildman–Crippen LogP) is 2.76. The number of hydrogen-bond acceptors (Lipinski definition) is 6. The Balaban J connectivity index is 2.00. The number of methoxy groups -OCH3 is 1. The molecule has 0 unspecified atom stereocenters. The smallest absolute Gasteiger partial charge is 0.270 e. The summed E-state index contributed by atoms with van der Waals surface area (Å²) in [6, 6.07) is 11.1. The summed E-state index contributed by atoms with van der Waals surface area (Å²) < 4.78 is 5.26. The first-order chi connectivity index (χ1) is 13.9. The van der Waals surface area contributed by atoms with Gasteiger partial charge in [0.1, 0.15) is 11.6 Å². The van der Waals surface area contributed by atoms with E-state index in [1.807, 2.05) is 19.0 Å². The fraction of sp³-hybridized carbons (Fsp3) is 0.300. The van der Waals surface area contributed by atoms with Gasteiger partial charge < -0.3 is 15.0 Å². The fourth-order valence-corrected chi connectivity index (χ4v) is 3.01. The predicted molar refractivity (Wildman–Crippen MR) is 111 cm³/mol. The van der Waals surface area contributed by atoms with Gasteiger partial charge in [0, 0.05) is 32.3 Å². The van der Waals surface area contributed by atoms with E-state index in [4.69, 9.17) is 4.74 Å². The van der Waals surface area contributed by atoms with Gasteiger partial charge in [0.15, 0.2) is 0 Å². The van der Waals surface area contributed by atoms with Crippen LogP contribution in [0.3, 0.4) is 0 Å². The molecule has 2 aromatic rings. The van der Waals surface area contributed by atoms with Crippen molar-refractivity contribution in [2.45, 2.75) is 0 Å². The number of nitrogens with zero attached hydrogens (tertiary/aromatic N) is 4. The largest absolute Gasteiger partial charge is 0.495 e. The molecule has 9 heteroatoms. The molecule has 0 aromatic heterocycles. The molecule has 0 atom stereocenters. The van der Waals surface area contributed by atoms with Crippen LogP contribution in [0, 0.1) is 10.1 Å². The van der Waals surface area contributed by atoms with Crippen molar-refractivity contribution in [2.75, 3.05) is 46.2 Å². The Morgan fingerprint density at radius 3 is 2.69 bits per heavy atom. The van der Waals surface area contributed by atoms with Crippen LogP contribution in [0.5, 0.6) is 5.75 Å². The minimum Gasteiger partial charge on any atom is -0.495 e. The van der Waals surface area contributed by atoms with Gasteiger partial charge in [0.2, 0.25) is 0 Å². The van der Waals surface area contributed by atoms with Crippen molar-refractivity contribution in [3.8, 4) is 5.75 Å². The highest BCUT2D eigenvalue weighted by Crippen LogP contribution is 2.29. The lowest BCUT2D eigenvalue weighted by Gasteiger charge is -2.32. The molecule has 0 bridgehead atoms. The lowest BCUT2D eigenvalue weighted by atomic mass is 10.1. The molecule has 0 saturated carbocycles. The first-order valence-corrected chi connectivity index (χ1v) is 9.09. The standard InChI is InChI=1S/C20H23N5O4/c1-23-10-11-24(2)19(13-23)21-16-9-8-14(25(27)28)12-15(16)20(26)22-17-6-4-5-7-18(17)29-3/h4-9,12H,10-11,13H2,1-3H3,(H,22,26)/b21-19-. The van der Waals surface area contributed by atoms with Crippen LogP contribution in [0.2, 0.25) is 0 Å². The number of amides is 1. The van der Waals surface area contributed by atoms with E-state index in [0.29, 0.717) is 23.7 Å². The van der Waals surface area contributed by atoms with Gasteiger partial charge in [-0.2, -0.15) is 0 Å². The summed E-state index contributed by atoms with van der Waals surface area (Å²) >= 11 is 0. The molecule has 1 amide bonds. The summed E-state index contributed by atoms with van der Waals surface area (Å²) in [5.41, 5.74) is 0.798. The lowest BCUT2D eigenvalue weighted by molar-refractivity contribution is -0.384. The monoisotopic (exact) mass is 397 g/mol. The zero-order valence-corrected chi connectivity index (χ0v) is 16.6. The molecule has 1 fully saturated rings. The van der Waals surface area contributed by atoms with Gasteiger partial charge in [-0.05, 0) is 25.2 Å². The summed E-state index contributed by atoms with van der Waals surface area (Å²) in [6.45, 7) is 2.35. The number of piperazine rings is 1. The minimum absolute atomic E-state index is 0.124. The van der Waals surface area contributed by atoms with Gasteiger partial charge in [-0.15, -0.1) is 0 Å². The van der Waals surface area contributed by atoms with Crippen molar-refractivity contribution >= 4 is 28.8 Å². The third-order valence-corrected chi connectivity index (χ3v) is 4.71. The van der Waals surface area contributed by atoms with Crippen LogP contribution in [-0.2, 0) is 0 Å². The second-order valence-electron chi connectivity index (χ2n) is 6.80. The second kappa shape index (κ2) is 8.70. The van der Waals surface area contributed by atoms with E-state index >= 15 is 0 Å². The van der Waals surface area contributed by atoms with Crippen molar-refractivity contribution in [1.29, 1.82) is 0 Å². The highest BCUT2D eigenvalue weighted by atomic mass is 16.6. The fourth-order valence-electron chi connectivity index (χ4n) is 3.01. The molecular formula is C20H23N5O4. The molecule has 1 N–H and O–H groups in total. The zero-order chi connectivity index (χ0) is 21.0. The average molecular weight is 397 g/mol. The molecule has 152 valence electrons. The van der Waals surface area contributed by atoms with Crippen molar-refractivity contribution < 1.29 is 14.5 Å². The number of amidine groups is 1. The van der Waals surface area contributed by atoms with Crippen molar-refractivity contribution in [2.24, 2.45) is 4.99 Å². The van der Waals surface area contributed by atoms with E-state index in [1.165, 1.54) is 25.3 Å². The van der Waals surface area contributed by atoms with Crippen molar-refractivity contribution in [1.82, 2.24) is 9.80 Å². The molecule has 1 heterocycles. The van der Waals surface area contributed by atoms with Crippen LogP contribution in [0.15, 0.2) is 47.5 Å². The Labute approximate surface area is 168 Å². The van der Waals surface area contributed by atoms with Crippen LogP contribution in [0.4, 0.5) is 17.1 Å². The van der Waals surface area contributed by atoms with E-state index in [0.717, 1.165) is 18.9 Å². The molecule has 0 spiro atoms. The molecule has 3 rings (SSSR count). The van der Waals surface area contributed by atoms with Gasteiger partial charge in [0.05, 0.1) is 35.5 Å². The number of para-hydroxylation sites is 2. The number of aliphatic imine (C=N–C) groups is 1. The van der Waals surface area contributed by atoms with E-state index in [-0.39, 0.29) is 11.3 Å². The van der Waals surface area contributed by atoms with Crippen LogP contribution in [0.25, 0.3) is 0 Å². The molecule has 2 aromatic carbocycles. The number of nitro groups is 1. The summed E-state index contributed by atoms with van der Waals surface area (Å²) in [4.78, 5) is 32.5. The number of carbonyl (C=O) groups is 1. The van der Waals surface area contributed by atoms with Crippen LogP contribution in [-0.4, -0.2) is 67.3 Å². The number of carbonyl (C=O) groups excluding carboxylic acids is 1. The summed E-state index contributed by atoms with van der Waals surface area (Å²) in [6.07, 6.45) is 0. The SMILES string of the molecule is COc1ccccc1NC(=O)c1cc([N+](=O)[O-])ccc1/N=C1/CN(C)CCN1C. The Morgan fingerprint density at radius 1 is 1.21 bits per heavy atom. The Bertz CT molecular complexity index is 960. The third kappa shape index (κ3) is 4.69. The summed E-state index contributed by atoms with van der Waals surface area (Å²) in [5, 5.41) is 14.0. The maximum Gasteiger partial charge on any atom is 0.270 e. The highest BCUT2D eigenvalue weighted by Gasteiger charge is 2.21. The summed E-state index contributed by atoms with van der Waals surface area (Å²) in [5.74, 6) is 0.788. The Kier molecular flexibility index (Phi) is 6.08. The number of hydrogen-bond donors (Lipinski definition) is 1. The number of non-ortho nitro benzene ring substituents is 1. The van der Waals surface area contributed by atoms with Gasteiger partial charge in [-0.25, -0.2) is 4.99 Å². The van der Waals surface area contributed by atoms with Crippen molar-refractivity contribution in [3.63, 3.8) is 0 Å². The highest BCUT2D eigenvalue weighted by molar-refractivity contribution is 6.09. The quantitative estimate of drug-likeness (QED) is 0.615. The normalized spacial score (nSPS) is 16.0. The van der Waals surface area contributed by atoms with Crippen LogP contribution in [0.1, 0.15) is 10.4 Å². The van der Waals surface area contributed by atoms with Gasteiger partial charge in [-0.3, -0.25) is 19.8 Å². The van der Waals surface area contributed by atoms with Gasteiger partial charge in [-0.1, -0.05) is 12.1 Å². The number of rotatable bonds is 5. The topological polar surface area (TPSA) is 100 Å². The third-order valence-electron chi connectivity index (χ3n) is 4.71. The molecule has 9 nitrogen and oxygen atoms in total. The maximum absolute atomic E-state index is 13.0. The summed E-state index contributed by atoms with van der Waals surface area (Å²) in [7, 11) is 5.44. The lowest BCUT2D eigenvalue weighted by Crippen LogP contribution is -2.46.